The number of carbonyl (C=O) groups is 2. The molecule has 8 unspecified atom stereocenters. The molecule has 11 nitrogen and oxygen atoms in total. The molecule has 0 bridgehead atoms. The third kappa shape index (κ3) is 48.7. The zero-order valence-electron chi connectivity index (χ0n) is 55.0. The van der Waals surface area contributed by atoms with Crippen LogP contribution in [0.4, 0.5) is 0 Å². The van der Waals surface area contributed by atoms with Crippen LogP contribution in [-0.2, 0) is 23.8 Å². The average Bonchev–Trinajstić information content (AvgIpc) is 2.48. The van der Waals surface area contributed by atoms with Gasteiger partial charge in [-0.15, -0.1) is 0 Å². The van der Waals surface area contributed by atoms with E-state index in [-0.39, 0.29) is 13.0 Å². The number of hydrogen-bond donors (Lipinski definition) is 6. The summed E-state index contributed by atoms with van der Waals surface area (Å²) in [5.41, 5.74) is 0. The smallest absolute Gasteiger partial charge is 0.306 e. The number of esters is 1. The molecular formula is C74H133NO10. The lowest BCUT2D eigenvalue weighted by Gasteiger charge is -2.41. The fourth-order valence-corrected chi connectivity index (χ4v) is 11.0. The molecule has 85 heavy (non-hydrogen) atoms. The van der Waals surface area contributed by atoms with Crippen molar-refractivity contribution in [3.8, 4) is 0 Å². The molecule has 1 heterocycles. The maximum absolute atomic E-state index is 13.5. The number of aliphatic hydroxyl groups is 5. The highest BCUT2D eigenvalue weighted by Crippen LogP contribution is 2.26. The highest BCUT2D eigenvalue weighted by atomic mass is 16.7. The highest BCUT2D eigenvalue weighted by Gasteiger charge is 2.47. The van der Waals surface area contributed by atoms with Gasteiger partial charge in [0.1, 0.15) is 24.4 Å². The first-order valence-corrected chi connectivity index (χ1v) is 35.7. The zero-order chi connectivity index (χ0) is 61.7. The van der Waals surface area contributed by atoms with Crippen LogP contribution in [0.2, 0.25) is 0 Å². The molecule has 1 aliphatic rings. The Morgan fingerprint density at radius 2 is 0.847 bits per heavy atom. The number of amides is 1. The van der Waals surface area contributed by atoms with Crippen LogP contribution < -0.4 is 5.32 Å². The first-order chi connectivity index (χ1) is 41.7. The minimum atomic E-state index is -1.62. The third-order valence-electron chi connectivity index (χ3n) is 16.6. The molecule has 0 aromatic carbocycles. The van der Waals surface area contributed by atoms with Gasteiger partial charge in [0, 0.05) is 6.42 Å². The topological polar surface area (TPSA) is 175 Å². The first-order valence-electron chi connectivity index (χ1n) is 35.7. The summed E-state index contributed by atoms with van der Waals surface area (Å²) in [5.74, 6) is -1.20. The fraction of sp³-hybridized carbons (Fsp3) is 0.811. The van der Waals surface area contributed by atoms with Gasteiger partial charge in [-0.3, -0.25) is 9.59 Å². The first kappa shape index (κ1) is 80.1. The van der Waals surface area contributed by atoms with E-state index in [4.69, 9.17) is 14.2 Å². The van der Waals surface area contributed by atoms with E-state index in [1.54, 1.807) is 6.08 Å². The van der Waals surface area contributed by atoms with E-state index >= 15 is 0 Å². The van der Waals surface area contributed by atoms with Gasteiger partial charge in [0.25, 0.3) is 0 Å². The van der Waals surface area contributed by atoms with Crippen LogP contribution in [0.1, 0.15) is 323 Å². The number of rotatable bonds is 61. The summed E-state index contributed by atoms with van der Waals surface area (Å²) in [6.45, 7) is 5.71. The largest absolute Gasteiger partial charge is 0.454 e. The lowest BCUT2D eigenvalue weighted by molar-refractivity contribution is -0.305. The van der Waals surface area contributed by atoms with Gasteiger partial charge in [0.05, 0.1) is 25.4 Å². The predicted molar refractivity (Wildman–Crippen MR) is 356 cm³/mol. The average molecular weight is 1200 g/mol. The number of unbranched alkanes of at least 4 members (excludes halogenated alkanes) is 37. The van der Waals surface area contributed by atoms with Crippen LogP contribution in [0.5, 0.6) is 0 Å². The Bertz CT molecular complexity index is 1660. The van der Waals surface area contributed by atoms with Crippen molar-refractivity contribution in [1.29, 1.82) is 0 Å². The second-order valence-electron chi connectivity index (χ2n) is 24.6. The van der Waals surface area contributed by atoms with Crippen LogP contribution in [-0.4, -0.2) is 99.6 Å². The standard InChI is InChI=1S/C74H133NO10/c1-4-7-10-13-16-19-22-25-27-29-31-33-35-36-38-40-43-46-49-52-55-58-61-67(78)73(82)75-65(66(77)60-57-54-51-48-45-42-24-21-18-15-12-9-6-3)64-83-74-72(71(81)70(80)68(63-76)84-74)85-69(79)62-59-56-53-50-47-44-41-39-37-34-32-30-28-26-23-20-17-14-11-8-5-2/h8,11,17,20,26,28,32,34,39,41,57,60,65-68,70-72,74,76-78,80-81H,4-7,9-10,12-16,18-19,21-25,27,29-31,33,35-38,40,42-56,58-59,61-64H2,1-3H3,(H,75,82)/b11-8-,20-17-,28-26-,34-32-,41-39-,60-57+. The van der Waals surface area contributed by atoms with E-state index in [9.17, 15) is 35.1 Å². The van der Waals surface area contributed by atoms with E-state index in [2.05, 4.69) is 86.8 Å². The molecule has 11 heteroatoms. The molecule has 0 saturated carbocycles. The van der Waals surface area contributed by atoms with Gasteiger partial charge in [0.15, 0.2) is 12.4 Å². The lowest BCUT2D eigenvalue weighted by atomic mass is 9.99. The minimum absolute atomic E-state index is 0.100. The van der Waals surface area contributed by atoms with E-state index < -0.39 is 67.4 Å². The van der Waals surface area contributed by atoms with Crippen molar-refractivity contribution < 1.29 is 49.3 Å². The van der Waals surface area contributed by atoms with Crippen molar-refractivity contribution >= 4 is 11.9 Å². The molecule has 494 valence electrons. The highest BCUT2D eigenvalue weighted by molar-refractivity contribution is 5.80. The van der Waals surface area contributed by atoms with Crippen molar-refractivity contribution in [3.05, 3.63) is 72.9 Å². The van der Waals surface area contributed by atoms with Gasteiger partial charge in [-0.25, -0.2) is 0 Å². The zero-order valence-corrected chi connectivity index (χ0v) is 55.0. The van der Waals surface area contributed by atoms with Gasteiger partial charge < -0.3 is 45.1 Å². The van der Waals surface area contributed by atoms with Gasteiger partial charge in [-0.2, -0.15) is 0 Å². The molecule has 1 rings (SSSR count). The van der Waals surface area contributed by atoms with Crippen molar-refractivity contribution in [1.82, 2.24) is 5.32 Å². The Morgan fingerprint density at radius 1 is 0.471 bits per heavy atom. The van der Waals surface area contributed by atoms with Crippen molar-refractivity contribution in [2.45, 2.75) is 372 Å². The molecule has 6 N–H and O–H groups in total. The van der Waals surface area contributed by atoms with Crippen molar-refractivity contribution in [2.24, 2.45) is 0 Å². The summed E-state index contributed by atoms with van der Waals surface area (Å²) in [6, 6.07) is -1.03. The predicted octanol–water partition coefficient (Wildman–Crippen LogP) is 18.3. The number of ether oxygens (including phenoxy) is 3. The summed E-state index contributed by atoms with van der Waals surface area (Å²) in [6.07, 6.45) is 69.4. The second-order valence-corrected chi connectivity index (χ2v) is 24.6. The normalized spacial score (nSPS) is 18.8. The second kappa shape index (κ2) is 61.3. The van der Waals surface area contributed by atoms with Crippen molar-refractivity contribution in [2.75, 3.05) is 13.2 Å². The third-order valence-corrected chi connectivity index (χ3v) is 16.6. The molecule has 0 radical (unpaired) electrons. The van der Waals surface area contributed by atoms with Gasteiger partial charge in [0.2, 0.25) is 5.91 Å². The maximum Gasteiger partial charge on any atom is 0.306 e. The molecule has 1 amide bonds. The summed E-state index contributed by atoms with van der Waals surface area (Å²) >= 11 is 0. The van der Waals surface area contributed by atoms with Gasteiger partial charge in [-0.1, -0.05) is 318 Å². The number of nitrogens with one attached hydrogen (secondary N) is 1. The molecule has 1 fully saturated rings. The summed E-state index contributed by atoms with van der Waals surface area (Å²) in [7, 11) is 0. The van der Waals surface area contributed by atoms with Crippen LogP contribution in [0, 0.1) is 0 Å². The van der Waals surface area contributed by atoms with E-state index in [0.717, 1.165) is 103 Å². The van der Waals surface area contributed by atoms with Crippen LogP contribution in [0.3, 0.4) is 0 Å². The van der Waals surface area contributed by atoms with E-state index in [1.807, 2.05) is 6.08 Å². The monoisotopic (exact) mass is 1200 g/mol. The number of allylic oxidation sites excluding steroid dienone is 11. The fourth-order valence-electron chi connectivity index (χ4n) is 11.0. The molecule has 1 aliphatic heterocycles. The van der Waals surface area contributed by atoms with Crippen molar-refractivity contribution in [3.63, 3.8) is 0 Å². The quantitative estimate of drug-likeness (QED) is 0.0195. The maximum atomic E-state index is 13.5. The molecule has 1 saturated heterocycles. The molecule has 0 aliphatic carbocycles. The number of hydrogen-bond acceptors (Lipinski definition) is 10. The van der Waals surface area contributed by atoms with Crippen LogP contribution >= 0.6 is 0 Å². The molecular weight excluding hydrogens is 1060 g/mol. The summed E-state index contributed by atoms with van der Waals surface area (Å²) in [5, 5.41) is 57.3. The van der Waals surface area contributed by atoms with Crippen LogP contribution in [0.25, 0.3) is 0 Å². The Morgan fingerprint density at radius 3 is 1.27 bits per heavy atom. The molecule has 0 spiro atoms. The molecule has 0 aromatic rings. The van der Waals surface area contributed by atoms with E-state index in [1.165, 1.54) is 173 Å². The Hall–Kier alpha value is -2.90. The number of carbonyl (C=O) groups excluding carboxylic acids is 2. The SMILES string of the molecule is CC/C=C\C/C=C\C/C=C\C/C=C\C/C=C\CCCCCCCC(=O)OC1C(OCC(NC(=O)C(O)CCCCCCCCCCCCCCCCCCCCCCCC)C(O)/C=C/CCCCCCCCCCCCC)OC(CO)C(O)C1O. The summed E-state index contributed by atoms with van der Waals surface area (Å²) < 4.78 is 17.7. The Balaban J connectivity index is 2.61. The van der Waals surface area contributed by atoms with E-state index in [0.29, 0.717) is 19.3 Å². The van der Waals surface area contributed by atoms with Crippen LogP contribution in [0.15, 0.2) is 72.9 Å². The number of aliphatic hydroxyl groups excluding tert-OH is 5. The lowest BCUT2D eigenvalue weighted by Crippen LogP contribution is -2.61. The molecule has 8 atom stereocenters. The Labute approximate surface area is 521 Å². The minimum Gasteiger partial charge on any atom is -0.454 e. The Kier molecular flexibility index (Phi) is 57.8. The van der Waals surface area contributed by atoms with Gasteiger partial charge >= 0.3 is 5.97 Å². The van der Waals surface area contributed by atoms with Gasteiger partial charge in [-0.05, 0) is 70.6 Å². The molecule has 0 aromatic heterocycles. The summed E-state index contributed by atoms with van der Waals surface area (Å²) in [4.78, 5) is 26.7.